The van der Waals surface area contributed by atoms with Crippen LogP contribution in [0.1, 0.15) is 30.7 Å². The van der Waals surface area contributed by atoms with Crippen molar-refractivity contribution in [3.8, 4) is 0 Å². The second kappa shape index (κ2) is 5.84. The average Bonchev–Trinajstić information content (AvgIpc) is 2.43. The highest BCUT2D eigenvalue weighted by atomic mass is 16.4. The van der Waals surface area contributed by atoms with Crippen molar-refractivity contribution in [3.05, 3.63) is 29.8 Å². The number of hydrogen-bond acceptors (Lipinski definition) is 3. The minimum atomic E-state index is -0.832. The zero-order valence-corrected chi connectivity index (χ0v) is 10.7. The zero-order valence-electron chi connectivity index (χ0n) is 10.7. The van der Waals surface area contributed by atoms with Crippen molar-refractivity contribution in [2.45, 2.75) is 25.2 Å². The predicted octanol–water partition coefficient (Wildman–Crippen LogP) is 1.33. The predicted molar refractivity (Wildman–Crippen MR) is 72.1 cm³/mol. The maximum absolute atomic E-state index is 12.1. The first-order valence-corrected chi connectivity index (χ1v) is 6.47. The molecule has 3 N–H and O–H groups in total. The zero-order chi connectivity index (χ0) is 13.8. The van der Waals surface area contributed by atoms with Crippen LogP contribution in [0.3, 0.4) is 0 Å². The van der Waals surface area contributed by atoms with Gasteiger partial charge >= 0.3 is 5.97 Å². The molecule has 0 fully saturated rings. The van der Waals surface area contributed by atoms with Gasteiger partial charge in [-0.05, 0) is 31.0 Å². The summed E-state index contributed by atoms with van der Waals surface area (Å²) in [6.45, 7) is 0.941. The molecule has 5 heteroatoms. The summed E-state index contributed by atoms with van der Waals surface area (Å²) >= 11 is 0. The molecule has 19 heavy (non-hydrogen) atoms. The van der Waals surface area contributed by atoms with E-state index in [0.717, 1.165) is 11.3 Å². The summed E-state index contributed by atoms with van der Waals surface area (Å²) in [6, 6.07) is 7.23. The Hall–Kier alpha value is -1.88. The van der Waals surface area contributed by atoms with E-state index in [-0.39, 0.29) is 5.91 Å². The van der Waals surface area contributed by atoms with Crippen LogP contribution < -0.4 is 10.6 Å². The number of carbonyl (C=O) groups excluding carboxylic acids is 1. The lowest BCUT2D eigenvalue weighted by atomic mass is 9.90. The lowest BCUT2D eigenvalue weighted by Gasteiger charge is -2.32. The van der Waals surface area contributed by atoms with Crippen LogP contribution in [-0.4, -0.2) is 30.1 Å². The number of carboxylic acids is 1. The Kier molecular flexibility index (Phi) is 4.16. The van der Waals surface area contributed by atoms with Crippen LogP contribution in [-0.2, 0) is 9.59 Å². The summed E-state index contributed by atoms with van der Waals surface area (Å²) in [5, 5.41) is 9.23. The van der Waals surface area contributed by atoms with Crippen LogP contribution in [0.15, 0.2) is 24.3 Å². The molecule has 1 aliphatic heterocycles. The molecule has 1 aromatic carbocycles. The molecule has 1 heterocycles. The molecule has 0 aliphatic carbocycles. The Morgan fingerprint density at radius 1 is 1.37 bits per heavy atom. The van der Waals surface area contributed by atoms with Crippen molar-refractivity contribution < 1.29 is 14.7 Å². The van der Waals surface area contributed by atoms with Crippen molar-refractivity contribution in [1.82, 2.24) is 0 Å². The van der Waals surface area contributed by atoms with Gasteiger partial charge in [0.15, 0.2) is 0 Å². The van der Waals surface area contributed by atoms with Crippen molar-refractivity contribution in [1.29, 1.82) is 0 Å². The van der Waals surface area contributed by atoms with E-state index in [2.05, 4.69) is 0 Å². The van der Waals surface area contributed by atoms with Gasteiger partial charge in [0.25, 0.3) is 0 Å². The number of fused-ring (bicyclic) bond motifs is 1. The fourth-order valence-electron chi connectivity index (χ4n) is 2.47. The van der Waals surface area contributed by atoms with E-state index >= 15 is 0 Å². The van der Waals surface area contributed by atoms with Gasteiger partial charge in [0, 0.05) is 18.7 Å². The van der Waals surface area contributed by atoms with E-state index in [1.54, 1.807) is 11.0 Å². The molecule has 1 aliphatic rings. The molecule has 0 saturated carbocycles. The normalized spacial score (nSPS) is 17.9. The Bertz CT molecular complexity index is 487. The highest BCUT2D eigenvalue weighted by Gasteiger charge is 2.31. The van der Waals surface area contributed by atoms with E-state index < -0.39 is 11.9 Å². The van der Waals surface area contributed by atoms with E-state index in [4.69, 9.17) is 5.73 Å². The molecule has 0 saturated heterocycles. The largest absolute Gasteiger partial charge is 0.481 e. The Labute approximate surface area is 112 Å². The maximum Gasteiger partial charge on any atom is 0.311 e. The van der Waals surface area contributed by atoms with Crippen molar-refractivity contribution in [2.75, 3.05) is 18.0 Å². The number of rotatable bonds is 4. The third-order valence-corrected chi connectivity index (χ3v) is 3.44. The van der Waals surface area contributed by atoms with Gasteiger partial charge in [-0.1, -0.05) is 18.2 Å². The smallest absolute Gasteiger partial charge is 0.311 e. The summed E-state index contributed by atoms with van der Waals surface area (Å²) in [6.07, 6.45) is 1.52. The molecule has 0 radical (unpaired) electrons. The van der Waals surface area contributed by atoms with E-state index in [1.807, 2.05) is 18.2 Å². The molecule has 1 aromatic rings. The van der Waals surface area contributed by atoms with Crippen molar-refractivity contribution in [3.63, 3.8) is 0 Å². The molecule has 1 amide bonds. The molecule has 0 spiro atoms. The van der Waals surface area contributed by atoms with Crippen LogP contribution in [0.2, 0.25) is 0 Å². The van der Waals surface area contributed by atoms with Gasteiger partial charge < -0.3 is 15.7 Å². The average molecular weight is 262 g/mol. The van der Waals surface area contributed by atoms with Gasteiger partial charge in [-0.2, -0.15) is 0 Å². The van der Waals surface area contributed by atoms with Gasteiger partial charge in [-0.25, -0.2) is 0 Å². The quantitative estimate of drug-likeness (QED) is 0.857. The highest BCUT2D eigenvalue weighted by Crippen LogP contribution is 2.35. The molecule has 0 aromatic heterocycles. The number of benzene rings is 1. The van der Waals surface area contributed by atoms with E-state index in [0.29, 0.717) is 32.4 Å². The molecule has 1 atom stereocenters. The number of carboxylic acid groups (broad SMARTS) is 1. The summed E-state index contributed by atoms with van der Waals surface area (Å²) in [5.74, 6) is -1.34. The molecule has 102 valence electrons. The lowest BCUT2D eigenvalue weighted by molar-refractivity contribution is -0.139. The number of anilines is 1. The third-order valence-electron chi connectivity index (χ3n) is 3.44. The summed E-state index contributed by atoms with van der Waals surface area (Å²) in [4.78, 5) is 25.0. The number of amides is 1. The number of para-hydroxylation sites is 1. The topological polar surface area (TPSA) is 83.6 Å². The number of aliphatic carboxylic acids is 1. The summed E-state index contributed by atoms with van der Waals surface area (Å²) in [5.41, 5.74) is 6.86. The lowest BCUT2D eigenvalue weighted by Crippen LogP contribution is -2.38. The van der Waals surface area contributed by atoms with Gasteiger partial charge in [-0.15, -0.1) is 0 Å². The summed E-state index contributed by atoms with van der Waals surface area (Å²) in [7, 11) is 0. The van der Waals surface area contributed by atoms with E-state index in [1.165, 1.54) is 0 Å². The minimum Gasteiger partial charge on any atom is -0.481 e. The Morgan fingerprint density at radius 3 is 2.79 bits per heavy atom. The van der Waals surface area contributed by atoms with Gasteiger partial charge in [-0.3, -0.25) is 9.59 Å². The third kappa shape index (κ3) is 2.76. The first-order chi connectivity index (χ1) is 9.15. The second-order valence-electron chi connectivity index (χ2n) is 4.68. The highest BCUT2D eigenvalue weighted by molar-refractivity contribution is 5.96. The minimum absolute atomic E-state index is 0.0155. The van der Waals surface area contributed by atoms with E-state index in [9.17, 15) is 14.7 Å². The number of nitrogens with two attached hydrogens (primary N) is 1. The molecule has 2 rings (SSSR count). The van der Waals surface area contributed by atoms with Gasteiger partial charge in [0.2, 0.25) is 5.91 Å². The fourth-order valence-corrected chi connectivity index (χ4v) is 2.47. The maximum atomic E-state index is 12.1. The fraction of sp³-hybridized carbons (Fsp3) is 0.429. The first kappa shape index (κ1) is 13.5. The molecular formula is C14H18N2O3. The van der Waals surface area contributed by atoms with Crippen molar-refractivity contribution >= 4 is 17.6 Å². The standard InChI is InChI=1S/C14H18N2O3/c15-8-3-6-13(17)16-9-7-11(14(18)19)10-4-1-2-5-12(10)16/h1-2,4-5,11H,3,6-9,15H2,(H,18,19). The monoisotopic (exact) mass is 262 g/mol. The van der Waals surface area contributed by atoms with Crippen LogP contribution >= 0.6 is 0 Å². The number of carbonyl (C=O) groups is 2. The SMILES string of the molecule is NCCCC(=O)N1CCC(C(=O)O)c2ccccc21. The molecule has 0 bridgehead atoms. The van der Waals surface area contributed by atoms with Crippen LogP contribution in [0.25, 0.3) is 0 Å². The van der Waals surface area contributed by atoms with Gasteiger partial charge in [0.1, 0.15) is 0 Å². The van der Waals surface area contributed by atoms with Crippen molar-refractivity contribution in [2.24, 2.45) is 5.73 Å². The molecule has 1 unspecified atom stereocenters. The van der Waals surface area contributed by atoms with Crippen LogP contribution in [0.4, 0.5) is 5.69 Å². The van der Waals surface area contributed by atoms with Gasteiger partial charge in [0.05, 0.1) is 5.92 Å². The summed E-state index contributed by atoms with van der Waals surface area (Å²) < 4.78 is 0. The molecular weight excluding hydrogens is 244 g/mol. The van der Waals surface area contributed by atoms with Crippen LogP contribution in [0, 0.1) is 0 Å². The number of hydrogen-bond donors (Lipinski definition) is 2. The second-order valence-corrected chi connectivity index (χ2v) is 4.68. The Morgan fingerprint density at radius 2 is 2.11 bits per heavy atom. The first-order valence-electron chi connectivity index (χ1n) is 6.47. The number of nitrogens with zero attached hydrogens (tertiary/aromatic N) is 1. The molecule has 5 nitrogen and oxygen atoms in total. The van der Waals surface area contributed by atoms with Crippen LogP contribution in [0.5, 0.6) is 0 Å². The Balaban J connectivity index is 2.27.